The average Bonchev–Trinajstić information content (AvgIpc) is 2.83. The number of Topliss-reactive ketones (excluding diaryl/α,β-unsaturated/α-hetero) is 1. The van der Waals surface area contributed by atoms with Crippen LogP contribution in [0, 0.1) is 10.7 Å². The zero-order valence-electron chi connectivity index (χ0n) is 18.3. The van der Waals surface area contributed by atoms with Crippen LogP contribution >= 0.6 is 12.2 Å². The van der Waals surface area contributed by atoms with Gasteiger partial charge in [0.25, 0.3) is 5.56 Å². The molecule has 0 amide bonds. The molecule has 1 aliphatic heterocycles. The van der Waals surface area contributed by atoms with E-state index in [1.807, 2.05) is 30.3 Å². The van der Waals surface area contributed by atoms with Crippen LogP contribution in [0.2, 0.25) is 0 Å². The number of carbonyl (C=O) groups is 1. The highest BCUT2D eigenvalue weighted by Crippen LogP contribution is 2.34. The van der Waals surface area contributed by atoms with E-state index in [0.29, 0.717) is 40.3 Å². The number of aromatic nitrogens is 2. The Kier molecular flexibility index (Phi) is 6.72. The summed E-state index contributed by atoms with van der Waals surface area (Å²) in [5.41, 5.74) is 1.25. The number of nitrogens with zero attached hydrogens (tertiary/aromatic N) is 2. The number of aromatic amines is 1. The number of benzene rings is 2. The summed E-state index contributed by atoms with van der Waals surface area (Å²) in [6.45, 7) is 2.81. The molecule has 1 aliphatic rings. The lowest BCUT2D eigenvalue weighted by Gasteiger charge is -2.31. The third kappa shape index (κ3) is 4.33. The average molecular weight is 454 g/mol. The molecular weight excluding hydrogens is 426 g/mol. The first kappa shape index (κ1) is 22.2. The molecule has 7 nitrogen and oxygen atoms in total. The lowest BCUT2D eigenvalue weighted by molar-refractivity contribution is 0.0833. The highest BCUT2D eigenvalue weighted by atomic mass is 32.1. The van der Waals surface area contributed by atoms with Crippen molar-refractivity contribution >= 4 is 28.9 Å². The predicted molar refractivity (Wildman–Crippen MR) is 126 cm³/mol. The smallest absolute Gasteiger partial charge is 0.262 e. The quantitative estimate of drug-likeness (QED) is 0.435. The molecule has 1 saturated heterocycles. The number of hydrogen-bond donors (Lipinski definition) is 1. The van der Waals surface area contributed by atoms with Gasteiger partial charge in [-0.05, 0) is 62.4 Å². The fraction of sp³-hybridized carbons (Fsp3) is 0.375. The molecule has 168 valence electrons. The molecule has 1 aromatic heterocycles. The van der Waals surface area contributed by atoms with Gasteiger partial charge in [-0.1, -0.05) is 18.2 Å². The van der Waals surface area contributed by atoms with Crippen molar-refractivity contribution in [3.05, 3.63) is 63.2 Å². The predicted octanol–water partition coefficient (Wildman–Crippen LogP) is 3.67. The van der Waals surface area contributed by atoms with E-state index in [1.54, 1.807) is 30.9 Å². The summed E-state index contributed by atoms with van der Waals surface area (Å²) in [6, 6.07) is 12.8. The maximum atomic E-state index is 13.1. The van der Waals surface area contributed by atoms with Crippen LogP contribution in [0.1, 0.15) is 23.2 Å². The zero-order valence-corrected chi connectivity index (χ0v) is 19.1. The van der Waals surface area contributed by atoms with Gasteiger partial charge >= 0.3 is 0 Å². The maximum absolute atomic E-state index is 13.1. The van der Waals surface area contributed by atoms with Crippen molar-refractivity contribution in [1.82, 2.24) is 14.5 Å². The minimum Gasteiger partial charge on any atom is -0.493 e. The molecule has 2 aromatic carbocycles. The van der Waals surface area contributed by atoms with Crippen molar-refractivity contribution in [3.63, 3.8) is 0 Å². The second-order valence-corrected chi connectivity index (χ2v) is 8.34. The molecule has 0 saturated carbocycles. The molecule has 3 aromatic rings. The molecule has 0 bridgehead atoms. The maximum Gasteiger partial charge on any atom is 0.262 e. The molecule has 8 heteroatoms. The molecule has 0 unspecified atom stereocenters. The molecule has 1 fully saturated rings. The number of rotatable bonds is 7. The van der Waals surface area contributed by atoms with Gasteiger partial charge in [0, 0.05) is 19.0 Å². The van der Waals surface area contributed by atoms with Gasteiger partial charge in [-0.25, -0.2) is 0 Å². The molecule has 0 radical (unpaired) electrons. The number of methoxy groups -OCH3 is 2. The monoisotopic (exact) mass is 453 g/mol. The van der Waals surface area contributed by atoms with Crippen LogP contribution in [-0.4, -0.2) is 54.1 Å². The van der Waals surface area contributed by atoms with Crippen LogP contribution in [0.4, 0.5) is 0 Å². The van der Waals surface area contributed by atoms with E-state index < -0.39 is 0 Å². The molecule has 0 aliphatic carbocycles. The number of fused-ring (bicyclic) bond motifs is 1. The van der Waals surface area contributed by atoms with E-state index in [4.69, 9.17) is 21.7 Å². The van der Waals surface area contributed by atoms with E-state index in [9.17, 15) is 9.59 Å². The summed E-state index contributed by atoms with van der Waals surface area (Å²) in [5.74, 6) is 1.09. The highest BCUT2D eigenvalue weighted by molar-refractivity contribution is 7.71. The highest BCUT2D eigenvalue weighted by Gasteiger charge is 2.28. The standard InChI is InChI=1S/C24H27N3O4S/c1-30-20-9-5-7-18(22(20)31-2)21(28)16-10-12-26(13-11-16)14-15-27-23(29)17-6-3-4-8-19(17)25-24(27)32/h3-9,16H,10-15H2,1-2H3,(H,25,32). The molecule has 32 heavy (non-hydrogen) atoms. The van der Waals surface area contributed by atoms with Crippen molar-refractivity contribution in [2.75, 3.05) is 33.9 Å². The van der Waals surface area contributed by atoms with Gasteiger partial charge in [0.2, 0.25) is 0 Å². The number of piperidine rings is 1. The van der Waals surface area contributed by atoms with Crippen LogP contribution in [0.25, 0.3) is 10.9 Å². The first-order chi connectivity index (χ1) is 15.5. The fourth-order valence-corrected chi connectivity index (χ4v) is 4.65. The van der Waals surface area contributed by atoms with E-state index in [2.05, 4.69) is 9.88 Å². The topological polar surface area (TPSA) is 76.6 Å². The van der Waals surface area contributed by atoms with Crippen LogP contribution in [0.3, 0.4) is 0 Å². The second kappa shape index (κ2) is 9.67. The number of para-hydroxylation sites is 2. The number of likely N-dealkylation sites (tertiary alicyclic amines) is 1. The number of ether oxygens (including phenoxy) is 2. The molecule has 1 N–H and O–H groups in total. The number of H-pyrrole nitrogens is 1. The normalized spacial score (nSPS) is 15.1. The van der Waals surface area contributed by atoms with Crippen LogP contribution in [0.15, 0.2) is 47.3 Å². The Morgan fingerprint density at radius 2 is 1.81 bits per heavy atom. The lowest BCUT2D eigenvalue weighted by Crippen LogP contribution is -2.39. The van der Waals surface area contributed by atoms with Crippen molar-refractivity contribution < 1.29 is 14.3 Å². The van der Waals surface area contributed by atoms with Gasteiger partial charge < -0.3 is 19.4 Å². The number of ketones is 1. The van der Waals surface area contributed by atoms with Gasteiger partial charge in [0.05, 0.1) is 30.7 Å². The Hall–Kier alpha value is -2.97. The summed E-state index contributed by atoms with van der Waals surface area (Å²) >= 11 is 5.41. The lowest BCUT2D eigenvalue weighted by atomic mass is 9.88. The Morgan fingerprint density at radius 1 is 1.06 bits per heavy atom. The minimum atomic E-state index is -0.0699. The minimum absolute atomic E-state index is 0.0569. The summed E-state index contributed by atoms with van der Waals surface area (Å²) in [7, 11) is 3.12. The van der Waals surface area contributed by atoms with Crippen molar-refractivity contribution in [1.29, 1.82) is 0 Å². The third-order valence-corrected chi connectivity index (χ3v) is 6.48. The van der Waals surface area contributed by atoms with Gasteiger partial charge in [-0.15, -0.1) is 0 Å². The van der Waals surface area contributed by atoms with E-state index >= 15 is 0 Å². The van der Waals surface area contributed by atoms with Crippen molar-refractivity contribution in [2.45, 2.75) is 19.4 Å². The second-order valence-electron chi connectivity index (χ2n) is 7.95. The van der Waals surface area contributed by atoms with Crippen LogP contribution in [0.5, 0.6) is 11.5 Å². The Balaban J connectivity index is 1.40. The molecular formula is C24H27N3O4S. The molecule has 2 heterocycles. The Morgan fingerprint density at radius 3 is 2.53 bits per heavy atom. The number of nitrogens with one attached hydrogen (secondary N) is 1. The Labute approximate surface area is 191 Å². The third-order valence-electron chi connectivity index (χ3n) is 6.16. The first-order valence-electron chi connectivity index (χ1n) is 10.7. The zero-order chi connectivity index (χ0) is 22.7. The van der Waals surface area contributed by atoms with Crippen molar-refractivity contribution in [2.24, 2.45) is 5.92 Å². The largest absolute Gasteiger partial charge is 0.493 e. The van der Waals surface area contributed by atoms with Crippen LogP contribution < -0.4 is 15.0 Å². The van der Waals surface area contributed by atoms with E-state index in [0.717, 1.165) is 31.4 Å². The van der Waals surface area contributed by atoms with Gasteiger partial charge in [-0.2, -0.15) is 0 Å². The molecule has 0 atom stereocenters. The van der Waals surface area contributed by atoms with E-state index in [1.165, 1.54) is 0 Å². The van der Waals surface area contributed by atoms with Crippen LogP contribution in [-0.2, 0) is 6.54 Å². The summed E-state index contributed by atoms with van der Waals surface area (Å²) in [5, 5.41) is 0.637. The fourth-order valence-electron chi connectivity index (χ4n) is 4.36. The Bertz CT molecular complexity index is 1240. The SMILES string of the molecule is COc1cccc(C(=O)C2CCN(CCn3c(=S)[nH]c4ccccc4c3=O)CC2)c1OC. The van der Waals surface area contributed by atoms with Crippen molar-refractivity contribution in [3.8, 4) is 11.5 Å². The molecule has 4 rings (SSSR count). The summed E-state index contributed by atoms with van der Waals surface area (Å²) in [4.78, 5) is 31.4. The van der Waals surface area contributed by atoms with Gasteiger partial charge in [0.1, 0.15) is 0 Å². The first-order valence-corrected chi connectivity index (χ1v) is 11.1. The molecule has 0 spiro atoms. The summed E-state index contributed by atoms with van der Waals surface area (Å²) < 4.78 is 12.8. The number of hydrogen-bond acceptors (Lipinski definition) is 6. The summed E-state index contributed by atoms with van der Waals surface area (Å²) in [6.07, 6.45) is 1.53. The van der Waals surface area contributed by atoms with Gasteiger partial charge in [-0.3, -0.25) is 14.2 Å². The van der Waals surface area contributed by atoms with E-state index in [-0.39, 0.29) is 17.3 Å². The number of carbonyl (C=O) groups excluding carboxylic acids is 1. The van der Waals surface area contributed by atoms with Gasteiger partial charge in [0.15, 0.2) is 22.1 Å².